The number of ether oxygens (including phenoxy) is 2. The van der Waals surface area contributed by atoms with Gasteiger partial charge < -0.3 is 29.9 Å². The van der Waals surface area contributed by atoms with E-state index in [0.29, 0.717) is 31.1 Å². The number of piperidine rings is 1. The van der Waals surface area contributed by atoms with Gasteiger partial charge in [0, 0.05) is 115 Å². The third-order valence-corrected chi connectivity index (χ3v) is 12.2. The van der Waals surface area contributed by atoms with E-state index in [1.807, 2.05) is 13.0 Å². The summed E-state index contributed by atoms with van der Waals surface area (Å²) in [5.41, 5.74) is 7.04. The van der Waals surface area contributed by atoms with Crippen LogP contribution in [0.25, 0.3) is 11.1 Å². The Morgan fingerprint density at radius 3 is 2.35 bits per heavy atom. The maximum Gasteiger partial charge on any atom is 0.255 e. The fraction of sp³-hybridized carbons (Fsp3) is 0.489. The molecule has 3 N–H and O–H groups in total. The Bertz CT molecular complexity index is 2050. The summed E-state index contributed by atoms with van der Waals surface area (Å²) in [6.07, 6.45) is 4.12. The van der Waals surface area contributed by atoms with E-state index in [9.17, 15) is 28.8 Å². The van der Waals surface area contributed by atoms with Crippen LogP contribution in [0.3, 0.4) is 0 Å². The Morgan fingerprint density at radius 1 is 0.919 bits per heavy atom. The molecule has 15 heteroatoms. The first-order chi connectivity index (χ1) is 30.1. The number of carbonyl (C=O) groups is 6. The topological polar surface area (TPSA) is 170 Å². The van der Waals surface area contributed by atoms with E-state index in [2.05, 4.69) is 67.9 Å². The molecule has 3 aromatic rings. The molecule has 0 saturated carbocycles. The van der Waals surface area contributed by atoms with Crippen molar-refractivity contribution >= 4 is 47.6 Å². The molecule has 3 aromatic carbocycles. The van der Waals surface area contributed by atoms with Crippen LogP contribution < -0.4 is 20.9 Å². The minimum atomic E-state index is -0.804. The number of piperazine rings is 1. The molecule has 3 heterocycles. The fourth-order valence-electron chi connectivity index (χ4n) is 8.54. The second-order valence-corrected chi connectivity index (χ2v) is 16.2. The van der Waals surface area contributed by atoms with Crippen molar-refractivity contribution in [1.82, 2.24) is 25.3 Å². The lowest BCUT2D eigenvalue weighted by Gasteiger charge is -2.36. The molecule has 0 aliphatic carbocycles. The fourth-order valence-corrected chi connectivity index (χ4v) is 8.54. The quantitative estimate of drug-likeness (QED) is 0.0853. The maximum absolute atomic E-state index is 13.2. The van der Waals surface area contributed by atoms with Gasteiger partial charge in [-0.2, -0.15) is 0 Å². The molecular formula is C47H61N7O8. The van der Waals surface area contributed by atoms with Crippen LogP contribution in [-0.2, 0) is 30.4 Å². The van der Waals surface area contributed by atoms with Crippen LogP contribution in [0.4, 0.5) is 11.4 Å². The highest BCUT2D eigenvalue weighted by Crippen LogP contribution is 2.33. The summed E-state index contributed by atoms with van der Waals surface area (Å²) in [5.74, 6) is -1.49. The highest BCUT2D eigenvalue weighted by molar-refractivity contribution is 6.07. The maximum atomic E-state index is 13.2. The molecule has 332 valence electrons. The summed E-state index contributed by atoms with van der Waals surface area (Å²) in [6, 6.07) is 17.4. The largest absolute Gasteiger partial charge is 0.382 e. The van der Waals surface area contributed by atoms with Gasteiger partial charge in [0.25, 0.3) is 5.91 Å². The van der Waals surface area contributed by atoms with E-state index < -0.39 is 17.9 Å². The molecule has 0 radical (unpaired) electrons. The van der Waals surface area contributed by atoms with Crippen molar-refractivity contribution in [3.8, 4) is 11.1 Å². The summed E-state index contributed by atoms with van der Waals surface area (Å²) in [5, 5.41) is 8.37. The van der Waals surface area contributed by atoms with Gasteiger partial charge in [-0.1, -0.05) is 30.3 Å². The third-order valence-electron chi connectivity index (χ3n) is 12.2. The molecule has 3 saturated heterocycles. The number of amides is 4. The Labute approximate surface area is 364 Å². The number of likely N-dealkylation sites (N-methyl/N-ethyl adjacent to an activating group) is 1. The van der Waals surface area contributed by atoms with E-state index in [0.717, 1.165) is 106 Å². The molecule has 1 atom stereocenters. The van der Waals surface area contributed by atoms with Crippen molar-refractivity contribution < 1.29 is 38.2 Å². The summed E-state index contributed by atoms with van der Waals surface area (Å²) in [7, 11) is 1.48. The normalized spacial score (nSPS) is 17.6. The van der Waals surface area contributed by atoms with Gasteiger partial charge in [-0.25, -0.2) is 0 Å². The lowest BCUT2D eigenvalue weighted by molar-refractivity contribution is -0.136. The first kappa shape index (κ1) is 46.0. The van der Waals surface area contributed by atoms with Gasteiger partial charge in [0.2, 0.25) is 17.7 Å². The number of anilines is 2. The van der Waals surface area contributed by atoms with Crippen molar-refractivity contribution in [3.63, 3.8) is 0 Å². The molecule has 62 heavy (non-hydrogen) atoms. The van der Waals surface area contributed by atoms with E-state index in [-0.39, 0.29) is 55.4 Å². The van der Waals surface area contributed by atoms with Gasteiger partial charge >= 0.3 is 0 Å². The minimum Gasteiger partial charge on any atom is -0.382 e. The lowest BCUT2D eigenvalue weighted by atomic mass is 9.95. The van der Waals surface area contributed by atoms with Gasteiger partial charge in [0.1, 0.15) is 12.3 Å². The molecule has 1 unspecified atom stereocenters. The average molecular weight is 852 g/mol. The van der Waals surface area contributed by atoms with Crippen molar-refractivity contribution in [2.24, 2.45) is 0 Å². The van der Waals surface area contributed by atoms with E-state index in [1.165, 1.54) is 23.6 Å². The lowest BCUT2D eigenvalue weighted by Crippen LogP contribution is -2.53. The first-order valence-electron chi connectivity index (χ1n) is 21.9. The van der Waals surface area contributed by atoms with Gasteiger partial charge in [0.05, 0.1) is 24.3 Å². The smallest absolute Gasteiger partial charge is 0.255 e. The van der Waals surface area contributed by atoms with Crippen molar-refractivity contribution in [3.05, 3.63) is 82.4 Å². The molecular weight excluding hydrogens is 791 g/mol. The summed E-state index contributed by atoms with van der Waals surface area (Å²) < 4.78 is 11.3. The average Bonchev–Trinajstić information content (AvgIpc) is 3.29. The van der Waals surface area contributed by atoms with Crippen molar-refractivity contribution in [2.45, 2.75) is 64.6 Å². The van der Waals surface area contributed by atoms with Crippen LogP contribution in [0, 0.1) is 6.92 Å². The predicted molar refractivity (Wildman–Crippen MR) is 238 cm³/mol. The van der Waals surface area contributed by atoms with Crippen LogP contribution in [0.1, 0.15) is 81.2 Å². The predicted octanol–water partition coefficient (Wildman–Crippen LogP) is 3.92. The number of aldehydes is 2. The number of carbonyl (C=O) groups excluding carboxylic acids is 6. The number of imide groups is 1. The zero-order valence-corrected chi connectivity index (χ0v) is 36.3. The summed E-state index contributed by atoms with van der Waals surface area (Å²) in [6.45, 7) is 13.4. The monoisotopic (exact) mass is 851 g/mol. The minimum absolute atomic E-state index is 0.0825. The van der Waals surface area contributed by atoms with Gasteiger partial charge in [-0.3, -0.25) is 43.9 Å². The molecule has 3 fully saturated rings. The Morgan fingerprint density at radius 2 is 1.66 bits per heavy atom. The Kier molecular flexibility index (Phi) is 16.8. The standard InChI is InChI=1S/C47H61N7O8/c1-4-54(38-14-24-61-25-15-38)43-29-36(28-37(31-55)33(43)2)35-10-8-34(9-11-35)30-53-22-20-52(21-23-53)19-17-49-44(57)16-26-62-27-18-48-41-7-5-6-39(40(41)32-56)47(60)51(3)42-12-13-45(58)50-46(42)59/h5-11,28-29,31-32,38,42,48H,4,12-27,30H2,1-3H3,(H,49,57)(H,50,58,59). The summed E-state index contributed by atoms with van der Waals surface area (Å²) >= 11 is 0. The number of hydrogen-bond donors (Lipinski definition) is 3. The van der Waals surface area contributed by atoms with E-state index in [1.54, 1.807) is 12.1 Å². The molecule has 15 nitrogen and oxygen atoms in total. The van der Waals surface area contributed by atoms with Crippen LogP contribution in [0.15, 0.2) is 54.6 Å². The molecule has 0 aromatic heterocycles. The highest BCUT2D eigenvalue weighted by Gasteiger charge is 2.33. The number of nitrogens with zero attached hydrogens (tertiary/aromatic N) is 4. The second-order valence-electron chi connectivity index (χ2n) is 16.2. The van der Waals surface area contributed by atoms with E-state index in [4.69, 9.17) is 9.47 Å². The highest BCUT2D eigenvalue weighted by atomic mass is 16.5. The third kappa shape index (κ3) is 11.9. The number of benzene rings is 3. The number of hydrogen-bond acceptors (Lipinski definition) is 12. The first-order valence-corrected chi connectivity index (χ1v) is 21.9. The van der Waals surface area contributed by atoms with Crippen molar-refractivity contribution in [1.29, 1.82) is 0 Å². The van der Waals surface area contributed by atoms with Crippen LogP contribution in [0.5, 0.6) is 0 Å². The van der Waals surface area contributed by atoms with Crippen LogP contribution in [0.2, 0.25) is 0 Å². The Hall–Kier alpha value is -5.48. The zero-order chi connectivity index (χ0) is 44.0. The second kappa shape index (κ2) is 22.6. The number of nitrogens with one attached hydrogen (secondary N) is 3. The molecule has 0 bridgehead atoms. The number of rotatable bonds is 20. The molecule has 4 amide bonds. The molecule has 3 aliphatic rings. The van der Waals surface area contributed by atoms with Gasteiger partial charge in [-0.05, 0) is 79.6 Å². The van der Waals surface area contributed by atoms with Gasteiger partial charge in [-0.15, -0.1) is 0 Å². The van der Waals surface area contributed by atoms with E-state index >= 15 is 0 Å². The van der Waals surface area contributed by atoms with Crippen LogP contribution in [-0.4, -0.2) is 149 Å². The molecule has 0 spiro atoms. The summed E-state index contributed by atoms with van der Waals surface area (Å²) in [4.78, 5) is 82.2. The van der Waals surface area contributed by atoms with Gasteiger partial charge in [0.15, 0.2) is 6.29 Å². The molecule has 6 rings (SSSR count). The molecule has 3 aliphatic heterocycles. The zero-order valence-electron chi connectivity index (χ0n) is 36.3. The van der Waals surface area contributed by atoms with Crippen molar-refractivity contribution in [2.75, 3.05) is 96.0 Å². The Balaban J connectivity index is 0.864. The van der Waals surface area contributed by atoms with Crippen LogP contribution >= 0.6 is 0 Å². The SMILES string of the molecule is CCN(c1cc(-c2ccc(CN3CCN(CCNC(=O)CCOCCNc4cccc(C(=O)N(C)C5CCC(=O)NC5=O)c4C=O)CC3)cc2)cc(C=O)c1C)C1CCOCC1.